The largest absolute Gasteiger partial charge is 0.494 e. The molecule has 0 amide bonds. The highest BCUT2D eigenvalue weighted by molar-refractivity contribution is 5.08. The number of hydrogen-bond acceptors (Lipinski definition) is 3. The van der Waals surface area contributed by atoms with Gasteiger partial charge in [-0.15, -0.1) is 0 Å². The van der Waals surface area contributed by atoms with Crippen LogP contribution in [0, 0.1) is 0 Å². The van der Waals surface area contributed by atoms with Crippen LogP contribution < -0.4 is 5.32 Å². The third-order valence-electron chi connectivity index (χ3n) is 2.68. The number of ether oxygens (including phenoxy) is 2. The summed E-state index contributed by atoms with van der Waals surface area (Å²) in [7, 11) is 1.72. The predicted molar refractivity (Wildman–Crippen MR) is 66.4 cm³/mol. The maximum atomic E-state index is 5.53. The number of nitrogens with one attached hydrogen (secondary N) is 1. The Morgan fingerprint density at radius 2 is 2.50 bits per heavy atom. The van der Waals surface area contributed by atoms with Gasteiger partial charge < -0.3 is 14.8 Å². The molecule has 1 N–H and O–H groups in total. The third kappa shape index (κ3) is 5.33. The Kier molecular flexibility index (Phi) is 6.93. The van der Waals surface area contributed by atoms with Crippen molar-refractivity contribution in [3.63, 3.8) is 0 Å². The van der Waals surface area contributed by atoms with E-state index in [9.17, 15) is 0 Å². The maximum absolute atomic E-state index is 5.53. The van der Waals surface area contributed by atoms with E-state index in [-0.39, 0.29) is 6.10 Å². The predicted octanol–water partition coefficient (Wildman–Crippen LogP) is 2.25. The van der Waals surface area contributed by atoms with E-state index in [0.717, 1.165) is 39.0 Å². The summed E-state index contributed by atoms with van der Waals surface area (Å²) >= 11 is 0. The Balaban J connectivity index is 2.28. The molecule has 3 heteroatoms. The molecule has 0 bridgehead atoms. The minimum atomic E-state index is 0.268. The fourth-order valence-corrected chi connectivity index (χ4v) is 1.66. The Labute approximate surface area is 98.5 Å². The minimum Gasteiger partial charge on any atom is -0.494 e. The van der Waals surface area contributed by atoms with Crippen molar-refractivity contribution in [1.82, 2.24) is 5.32 Å². The van der Waals surface area contributed by atoms with E-state index in [2.05, 4.69) is 24.4 Å². The van der Waals surface area contributed by atoms with Crippen LogP contribution in [0.15, 0.2) is 24.0 Å². The van der Waals surface area contributed by atoms with E-state index < -0.39 is 0 Å². The van der Waals surface area contributed by atoms with Gasteiger partial charge in [0.25, 0.3) is 0 Å². The molecule has 1 heterocycles. The summed E-state index contributed by atoms with van der Waals surface area (Å²) in [6.45, 7) is 4.78. The van der Waals surface area contributed by atoms with Crippen molar-refractivity contribution in [3.8, 4) is 0 Å². The second-order valence-electron chi connectivity index (χ2n) is 3.97. The van der Waals surface area contributed by atoms with Crippen LogP contribution in [0.25, 0.3) is 0 Å². The van der Waals surface area contributed by atoms with Crippen LogP contribution in [0.2, 0.25) is 0 Å². The van der Waals surface area contributed by atoms with E-state index in [1.807, 2.05) is 6.26 Å². The van der Waals surface area contributed by atoms with E-state index in [1.165, 1.54) is 5.57 Å². The van der Waals surface area contributed by atoms with Crippen LogP contribution in [0.4, 0.5) is 0 Å². The van der Waals surface area contributed by atoms with Crippen LogP contribution in [0.1, 0.15) is 26.2 Å². The van der Waals surface area contributed by atoms with Crippen molar-refractivity contribution in [2.24, 2.45) is 0 Å². The molecule has 0 aliphatic carbocycles. The van der Waals surface area contributed by atoms with Crippen LogP contribution in [-0.4, -0.2) is 32.9 Å². The average Bonchev–Trinajstić information content (AvgIpc) is 2.34. The van der Waals surface area contributed by atoms with Crippen molar-refractivity contribution >= 4 is 0 Å². The molecule has 1 rings (SSSR count). The first-order chi connectivity index (χ1) is 7.86. The molecule has 0 aromatic carbocycles. The van der Waals surface area contributed by atoms with Gasteiger partial charge in [-0.3, -0.25) is 0 Å². The molecule has 0 spiro atoms. The minimum absolute atomic E-state index is 0.268. The van der Waals surface area contributed by atoms with E-state index >= 15 is 0 Å². The molecule has 1 unspecified atom stereocenters. The monoisotopic (exact) mass is 225 g/mol. The van der Waals surface area contributed by atoms with Crippen LogP contribution >= 0.6 is 0 Å². The van der Waals surface area contributed by atoms with E-state index in [4.69, 9.17) is 9.47 Å². The fourth-order valence-electron chi connectivity index (χ4n) is 1.66. The molecule has 1 aliphatic heterocycles. The van der Waals surface area contributed by atoms with Gasteiger partial charge in [0.2, 0.25) is 0 Å². The lowest BCUT2D eigenvalue weighted by Crippen LogP contribution is -2.22. The molecular weight excluding hydrogens is 202 g/mol. The van der Waals surface area contributed by atoms with Gasteiger partial charge in [0.15, 0.2) is 0 Å². The summed E-state index contributed by atoms with van der Waals surface area (Å²) in [4.78, 5) is 0. The van der Waals surface area contributed by atoms with Crippen molar-refractivity contribution in [3.05, 3.63) is 24.0 Å². The van der Waals surface area contributed by atoms with Crippen molar-refractivity contribution in [1.29, 1.82) is 0 Å². The molecule has 1 aliphatic rings. The van der Waals surface area contributed by atoms with Crippen molar-refractivity contribution < 1.29 is 9.47 Å². The Morgan fingerprint density at radius 3 is 3.12 bits per heavy atom. The summed E-state index contributed by atoms with van der Waals surface area (Å²) in [6.07, 6.45) is 9.70. The lowest BCUT2D eigenvalue weighted by molar-refractivity contribution is 0.164. The maximum Gasteiger partial charge on any atom is 0.117 e. The Bertz CT molecular complexity index is 236. The molecule has 0 fully saturated rings. The third-order valence-corrected chi connectivity index (χ3v) is 2.68. The lowest BCUT2D eigenvalue weighted by Gasteiger charge is -2.17. The van der Waals surface area contributed by atoms with Gasteiger partial charge in [0.05, 0.1) is 12.9 Å². The summed E-state index contributed by atoms with van der Waals surface area (Å²) in [5, 5.41) is 3.36. The second kappa shape index (κ2) is 8.36. The van der Waals surface area contributed by atoms with E-state index in [0.29, 0.717) is 0 Å². The zero-order chi connectivity index (χ0) is 11.6. The van der Waals surface area contributed by atoms with Gasteiger partial charge in [-0.2, -0.15) is 0 Å². The first-order valence-electron chi connectivity index (χ1n) is 6.06. The zero-order valence-corrected chi connectivity index (χ0v) is 10.4. The molecule has 1 atom stereocenters. The summed E-state index contributed by atoms with van der Waals surface area (Å²) in [6, 6.07) is 0. The molecule has 92 valence electrons. The van der Waals surface area contributed by atoms with Crippen LogP contribution in [0.5, 0.6) is 0 Å². The SMILES string of the molecule is CCC(=CC1CCC=CO1)CNCCOC. The van der Waals surface area contributed by atoms with Gasteiger partial charge in [-0.05, 0) is 31.4 Å². The molecule has 3 nitrogen and oxygen atoms in total. The number of hydrogen-bond donors (Lipinski definition) is 1. The quantitative estimate of drug-likeness (QED) is 0.532. The molecule has 16 heavy (non-hydrogen) atoms. The van der Waals surface area contributed by atoms with E-state index in [1.54, 1.807) is 7.11 Å². The average molecular weight is 225 g/mol. The normalized spacial score (nSPS) is 20.9. The zero-order valence-electron chi connectivity index (χ0n) is 10.4. The van der Waals surface area contributed by atoms with Crippen molar-refractivity contribution in [2.45, 2.75) is 32.3 Å². The smallest absolute Gasteiger partial charge is 0.117 e. The highest BCUT2D eigenvalue weighted by atomic mass is 16.5. The van der Waals surface area contributed by atoms with Gasteiger partial charge in [-0.25, -0.2) is 0 Å². The first kappa shape index (κ1) is 13.3. The lowest BCUT2D eigenvalue weighted by atomic mass is 10.1. The molecular formula is C13H23NO2. The highest BCUT2D eigenvalue weighted by Crippen LogP contribution is 2.14. The Hall–Kier alpha value is -0.800. The number of allylic oxidation sites excluding steroid dienone is 1. The van der Waals surface area contributed by atoms with Gasteiger partial charge in [-0.1, -0.05) is 12.5 Å². The molecule has 0 saturated heterocycles. The number of rotatable bonds is 7. The summed E-state index contributed by atoms with van der Waals surface area (Å²) < 4.78 is 10.5. The van der Waals surface area contributed by atoms with Gasteiger partial charge in [0.1, 0.15) is 6.10 Å². The van der Waals surface area contributed by atoms with Gasteiger partial charge >= 0.3 is 0 Å². The molecule has 0 aromatic rings. The summed E-state index contributed by atoms with van der Waals surface area (Å²) in [5.41, 5.74) is 1.41. The second-order valence-corrected chi connectivity index (χ2v) is 3.97. The van der Waals surface area contributed by atoms with Gasteiger partial charge in [0, 0.05) is 20.2 Å². The standard InChI is InChI=1S/C13H23NO2/c1-3-12(11-14-7-9-15-2)10-13-6-4-5-8-16-13/h5,8,10,13-14H,3-4,6-7,9,11H2,1-2H3. The van der Waals surface area contributed by atoms with Crippen LogP contribution in [0.3, 0.4) is 0 Å². The Morgan fingerprint density at radius 1 is 1.62 bits per heavy atom. The van der Waals surface area contributed by atoms with Crippen molar-refractivity contribution in [2.75, 3.05) is 26.8 Å². The highest BCUT2D eigenvalue weighted by Gasteiger charge is 2.08. The molecule has 0 saturated carbocycles. The first-order valence-corrected chi connectivity index (χ1v) is 6.06. The molecule has 0 aromatic heterocycles. The number of methoxy groups -OCH3 is 1. The topological polar surface area (TPSA) is 30.5 Å². The summed E-state index contributed by atoms with van der Waals surface area (Å²) in [5.74, 6) is 0. The molecule has 0 radical (unpaired) electrons. The fraction of sp³-hybridized carbons (Fsp3) is 0.692. The van der Waals surface area contributed by atoms with Crippen LogP contribution in [-0.2, 0) is 9.47 Å².